The molecule has 0 fully saturated rings. The molecule has 1 aromatic rings. The molecule has 5 heteroatoms. The minimum absolute atomic E-state index is 0. The lowest BCUT2D eigenvalue weighted by Gasteiger charge is -2.15. The second-order valence-corrected chi connectivity index (χ2v) is 4.41. The fourth-order valence-electron chi connectivity index (χ4n) is 1.48. The van der Waals surface area contributed by atoms with Crippen molar-refractivity contribution < 1.29 is 0 Å². The summed E-state index contributed by atoms with van der Waals surface area (Å²) in [4.78, 5) is 4.35. The molecule has 2 rings (SSSR count). The molecular formula is C11H15BrIN3. The van der Waals surface area contributed by atoms with Crippen molar-refractivity contribution in [3.05, 3.63) is 34.3 Å². The van der Waals surface area contributed by atoms with Crippen molar-refractivity contribution in [2.45, 2.75) is 13.0 Å². The summed E-state index contributed by atoms with van der Waals surface area (Å²) < 4.78 is 1.11. The second-order valence-electron chi connectivity index (χ2n) is 3.49. The molecule has 16 heavy (non-hydrogen) atoms. The van der Waals surface area contributed by atoms with Crippen LogP contribution in [0, 0.1) is 0 Å². The zero-order valence-electron chi connectivity index (χ0n) is 8.87. The Morgan fingerprint density at radius 2 is 2.31 bits per heavy atom. The molecule has 0 aliphatic carbocycles. The van der Waals surface area contributed by atoms with Gasteiger partial charge in [-0.05, 0) is 24.1 Å². The van der Waals surface area contributed by atoms with Crippen molar-refractivity contribution in [3.63, 3.8) is 0 Å². The van der Waals surface area contributed by atoms with Gasteiger partial charge in [-0.15, -0.1) is 24.0 Å². The Labute approximate surface area is 121 Å². The number of hydrogen-bond acceptors (Lipinski definition) is 3. The first-order valence-corrected chi connectivity index (χ1v) is 5.90. The van der Waals surface area contributed by atoms with Gasteiger partial charge in [0.2, 0.25) is 0 Å². The van der Waals surface area contributed by atoms with E-state index in [1.54, 1.807) is 0 Å². The lowest BCUT2D eigenvalue weighted by atomic mass is 10.2. The lowest BCUT2D eigenvalue weighted by Crippen LogP contribution is -2.40. The van der Waals surface area contributed by atoms with Crippen LogP contribution in [-0.2, 0) is 6.54 Å². The average molecular weight is 396 g/mol. The molecule has 0 spiro atoms. The van der Waals surface area contributed by atoms with Crippen LogP contribution in [0.25, 0.3) is 0 Å². The molecule has 3 nitrogen and oxygen atoms in total. The van der Waals surface area contributed by atoms with E-state index in [4.69, 9.17) is 0 Å². The van der Waals surface area contributed by atoms with Gasteiger partial charge in [0.05, 0.1) is 0 Å². The number of rotatable bonds is 2. The smallest absolute Gasteiger partial charge is 0.191 e. The van der Waals surface area contributed by atoms with Crippen LogP contribution in [0.2, 0.25) is 0 Å². The van der Waals surface area contributed by atoms with E-state index in [9.17, 15) is 0 Å². The lowest BCUT2D eigenvalue weighted by molar-refractivity contribution is 0.702. The van der Waals surface area contributed by atoms with E-state index in [1.807, 2.05) is 12.1 Å². The quantitative estimate of drug-likeness (QED) is 0.755. The maximum atomic E-state index is 4.35. The summed E-state index contributed by atoms with van der Waals surface area (Å²) in [6.07, 6.45) is 1.13. The fourth-order valence-corrected chi connectivity index (χ4v) is 1.93. The van der Waals surface area contributed by atoms with Crippen molar-refractivity contribution in [1.82, 2.24) is 10.6 Å². The van der Waals surface area contributed by atoms with Crippen LogP contribution in [0.1, 0.15) is 12.0 Å². The van der Waals surface area contributed by atoms with Gasteiger partial charge in [-0.3, -0.25) is 4.99 Å². The number of guanidine groups is 1. The van der Waals surface area contributed by atoms with Crippen molar-refractivity contribution >= 4 is 45.9 Å². The number of nitrogens with zero attached hydrogens (tertiary/aromatic N) is 1. The van der Waals surface area contributed by atoms with E-state index in [1.165, 1.54) is 5.56 Å². The van der Waals surface area contributed by atoms with Gasteiger partial charge in [0.25, 0.3) is 0 Å². The molecule has 88 valence electrons. The van der Waals surface area contributed by atoms with Gasteiger partial charge in [-0.25, -0.2) is 0 Å². The minimum Gasteiger partial charge on any atom is -0.356 e. The Balaban J connectivity index is 0.00000128. The molecule has 0 aromatic heterocycles. The summed E-state index contributed by atoms with van der Waals surface area (Å²) in [6, 6.07) is 8.27. The Hall–Kier alpha value is -0.300. The van der Waals surface area contributed by atoms with Crippen LogP contribution >= 0.6 is 39.9 Å². The molecule has 0 atom stereocenters. The third-order valence-corrected chi connectivity index (χ3v) is 2.74. The Kier molecular flexibility index (Phi) is 6.12. The molecule has 1 aliphatic heterocycles. The van der Waals surface area contributed by atoms with E-state index in [-0.39, 0.29) is 24.0 Å². The molecule has 0 amide bonds. The first-order chi connectivity index (χ1) is 7.34. The number of halogens is 2. The van der Waals surface area contributed by atoms with Crippen molar-refractivity contribution in [1.29, 1.82) is 0 Å². The zero-order valence-corrected chi connectivity index (χ0v) is 12.8. The molecule has 0 saturated heterocycles. The van der Waals surface area contributed by atoms with Gasteiger partial charge >= 0.3 is 0 Å². The van der Waals surface area contributed by atoms with Gasteiger partial charge in [-0.2, -0.15) is 0 Å². The van der Waals surface area contributed by atoms with Gasteiger partial charge in [0.1, 0.15) is 0 Å². The molecule has 1 heterocycles. The van der Waals surface area contributed by atoms with E-state index in [2.05, 4.69) is 43.7 Å². The van der Waals surface area contributed by atoms with E-state index in [0.717, 1.165) is 36.5 Å². The van der Waals surface area contributed by atoms with Gasteiger partial charge in [-0.1, -0.05) is 28.1 Å². The Morgan fingerprint density at radius 1 is 1.44 bits per heavy atom. The van der Waals surface area contributed by atoms with Crippen molar-refractivity contribution in [2.24, 2.45) is 4.99 Å². The SMILES string of the molecule is Brc1cccc(CNC2=NCCCN2)c1.I. The van der Waals surface area contributed by atoms with E-state index >= 15 is 0 Å². The maximum Gasteiger partial charge on any atom is 0.191 e. The predicted molar refractivity (Wildman–Crippen MR) is 81.3 cm³/mol. The highest BCUT2D eigenvalue weighted by Crippen LogP contribution is 2.11. The van der Waals surface area contributed by atoms with Crippen LogP contribution in [-0.4, -0.2) is 19.0 Å². The standard InChI is InChI=1S/C11H14BrN3.HI/c12-10-4-1-3-9(7-10)8-15-11-13-5-2-6-14-11;/h1,3-4,7H,2,5-6,8H2,(H2,13,14,15);1H. The second kappa shape index (κ2) is 7.11. The highest BCUT2D eigenvalue weighted by Gasteiger charge is 2.02. The van der Waals surface area contributed by atoms with Gasteiger partial charge in [0, 0.05) is 24.1 Å². The Bertz CT molecular complexity index is 368. The summed E-state index contributed by atoms with van der Waals surface area (Å²) in [5, 5.41) is 6.51. The highest BCUT2D eigenvalue weighted by molar-refractivity contribution is 14.0. The highest BCUT2D eigenvalue weighted by atomic mass is 127. The van der Waals surface area contributed by atoms with E-state index < -0.39 is 0 Å². The molecular weight excluding hydrogens is 381 g/mol. The number of hydrogen-bond donors (Lipinski definition) is 2. The third-order valence-electron chi connectivity index (χ3n) is 2.25. The van der Waals surface area contributed by atoms with Crippen molar-refractivity contribution in [2.75, 3.05) is 13.1 Å². The van der Waals surface area contributed by atoms with Gasteiger partial charge in [0.15, 0.2) is 5.96 Å². The molecule has 0 radical (unpaired) electrons. The minimum atomic E-state index is 0. The van der Waals surface area contributed by atoms with Crippen LogP contribution in [0.3, 0.4) is 0 Å². The summed E-state index contributed by atoms with van der Waals surface area (Å²) in [5.41, 5.74) is 1.25. The van der Waals surface area contributed by atoms with E-state index in [0.29, 0.717) is 0 Å². The largest absolute Gasteiger partial charge is 0.356 e. The molecule has 0 bridgehead atoms. The normalized spacial score (nSPS) is 14.4. The molecule has 1 aliphatic rings. The molecule has 0 saturated carbocycles. The zero-order chi connectivity index (χ0) is 10.5. The molecule has 2 N–H and O–H groups in total. The first-order valence-electron chi connectivity index (χ1n) is 5.11. The summed E-state index contributed by atoms with van der Waals surface area (Å²) >= 11 is 3.45. The fraction of sp³-hybridized carbons (Fsp3) is 0.364. The Morgan fingerprint density at radius 3 is 3.00 bits per heavy atom. The predicted octanol–water partition coefficient (Wildman–Crippen LogP) is 2.51. The van der Waals surface area contributed by atoms with Crippen LogP contribution in [0.5, 0.6) is 0 Å². The molecule has 1 aromatic carbocycles. The summed E-state index contributed by atoms with van der Waals surface area (Å²) in [6.45, 7) is 2.75. The summed E-state index contributed by atoms with van der Waals surface area (Å²) in [5.74, 6) is 0.918. The number of nitrogens with one attached hydrogen (secondary N) is 2. The third kappa shape index (κ3) is 4.29. The number of aliphatic imine (C=N–C) groups is 1. The maximum absolute atomic E-state index is 4.35. The number of benzene rings is 1. The van der Waals surface area contributed by atoms with Crippen molar-refractivity contribution in [3.8, 4) is 0 Å². The van der Waals surface area contributed by atoms with Crippen LogP contribution < -0.4 is 10.6 Å². The van der Waals surface area contributed by atoms with Crippen LogP contribution in [0.4, 0.5) is 0 Å². The summed E-state index contributed by atoms with van der Waals surface area (Å²) in [7, 11) is 0. The topological polar surface area (TPSA) is 36.4 Å². The van der Waals surface area contributed by atoms with Crippen LogP contribution in [0.15, 0.2) is 33.7 Å². The van der Waals surface area contributed by atoms with Gasteiger partial charge < -0.3 is 10.6 Å². The molecule has 0 unspecified atom stereocenters. The average Bonchev–Trinajstić information content (AvgIpc) is 2.28. The first kappa shape index (κ1) is 13.8. The monoisotopic (exact) mass is 395 g/mol.